The summed E-state index contributed by atoms with van der Waals surface area (Å²) in [4.78, 5) is 17.0. The SMILES string of the molecule is CC(C)(C)OC(=O)O[C@H]1CN[C@H](Cc2ccc(-c3cncs3)cc2)[C@@H]1O. The molecule has 0 aliphatic carbocycles. The molecule has 1 saturated heterocycles. The first-order valence-electron chi connectivity index (χ1n) is 8.61. The molecule has 1 fully saturated rings. The van der Waals surface area contributed by atoms with E-state index in [0.29, 0.717) is 13.0 Å². The summed E-state index contributed by atoms with van der Waals surface area (Å²) in [5.41, 5.74) is 3.43. The second kappa shape index (κ2) is 7.73. The Morgan fingerprint density at radius 2 is 2.08 bits per heavy atom. The summed E-state index contributed by atoms with van der Waals surface area (Å²) < 4.78 is 10.4. The predicted octanol–water partition coefficient (Wildman–Crippen LogP) is 3.01. The summed E-state index contributed by atoms with van der Waals surface area (Å²) in [5.74, 6) is 0. The van der Waals surface area contributed by atoms with E-state index >= 15 is 0 Å². The number of aliphatic hydroxyl groups excluding tert-OH is 1. The number of hydrogen-bond donors (Lipinski definition) is 2. The molecule has 0 radical (unpaired) electrons. The maximum Gasteiger partial charge on any atom is 0.509 e. The molecule has 0 spiro atoms. The number of carbonyl (C=O) groups excluding carboxylic acids is 1. The van der Waals surface area contributed by atoms with Gasteiger partial charge in [0.25, 0.3) is 0 Å². The summed E-state index contributed by atoms with van der Waals surface area (Å²) in [7, 11) is 0. The minimum Gasteiger partial charge on any atom is -0.429 e. The van der Waals surface area contributed by atoms with E-state index in [1.807, 2.05) is 23.8 Å². The van der Waals surface area contributed by atoms with E-state index in [2.05, 4.69) is 22.4 Å². The van der Waals surface area contributed by atoms with Gasteiger partial charge in [0.05, 0.1) is 10.4 Å². The van der Waals surface area contributed by atoms with E-state index in [9.17, 15) is 9.90 Å². The molecule has 6 nitrogen and oxygen atoms in total. The molecule has 3 rings (SSSR count). The van der Waals surface area contributed by atoms with Crippen LogP contribution in [0.3, 0.4) is 0 Å². The fourth-order valence-corrected chi connectivity index (χ4v) is 3.52. The second-order valence-corrected chi connectivity index (χ2v) is 8.28. The lowest BCUT2D eigenvalue weighted by Gasteiger charge is -2.22. The summed E-state index contributed by atoms with van der Waals surface area (Å²) >= 11 is 1.60. The zero-order chi connectivity index (χ0) is 18.7. The first kappa shape index (κ1) is 18.8. The Kier molecular flexibility index (Phi) is 5.60. The van der Waals surface area contributed by atoms with Crippen molar-refractivity contribution in [2.45, 2.75) is 51.0 Å². The van der Waals surface area contributed by atoms with Gasteiger partial charge in [-0.3, -0.25) is 4.98 Å². The van der Waals surface area contributed by atoms with E-state index in [1.54, 1.807) is 32.1 Å². The fourth-order valence-electron chi connectivity index (χ4n) is 2.89. The molecule has 1 aliphatic rings. The minimum atomic E-state index is -0.774. The van der Waals surface area contributed by atoms with Crippen LogP contribution in [0.15, 0.2) is 36.0 Å². The maximum absolute atomic E-state index is 11.8. The van der Waals surface area contributed by atoms with Gasteiger partial charge in [-0.2, -0.15) is 0 Å². The van der Waals surface area contributed by atoms with E-state index in [4.69, 9.17) is 9.47 Å². The molecule has 7 heteroatoms. The van der Waals surface area contributed by atoms with Gasteiger partial charge in [0.15, 0.2) is 0 Å². The minimum absolute atomic E-state index is 0.170. The van der Waals surface area contributed by atoms with E-state index in [0.717, 1.165) is 16.0 Å². The molecule has 0 unspecified atom stereocenters. The van der Waals surface area contributed by atoms with Crippen molar-refractivity contribution in [2.24, 2.45) is 0 Å². The summed E-state index contributed by atoms with van der Waals surface area (Å²) in [5, 5.41) is 13.7. The van der Waals surface area contributed by atoms with Gasteiger partial charge >= 0.3 is 6.16 Å². The molecule has 140 valence electrons. The molecule has 0 amide bonds. The van der Waals surface area contributed by atoms with Crippen LogP contribution in [0.25, 0.3) is 10.4 Å². The molecule has 1 aromatic heterocycles. The molecule has 0 bridgehead atoms. The lowest BCUT2D eigenvalue weighted by Crippen LogP contribution is -2.37. The molecule has 1 aromatic carbocycles. The molecule has 2 N–H and O–H groups in total. The zero-order valence-electron chi connectivity index (χ0n) is 15.1. The first-order chi connectivity index (χ1) is 12.3. The van der Waals surface area contributed by atoms with Crippen LogP contribution in [0, 0.1) is 0 Å². The number of hydrogen-bond acceptors (Lipinski definition) is 7. The van der Waals surface area contributed by atoms with Crippen molar-refractivity contribution < 1.29 is 19.4 Å². The highest BCUT2D eigenvalue weighted by atomic mass is 32.1. The van der Waals surface area contributed by atoms with Crippen LogP contribution < -0.4 is 5.32 Å². The van der Waals surface area contributed by atoms with Crippen LogP contribution in [-0.2, 0) is 15.9 Å². The number of aliphatic hydroxyl groups is 1. The number of ether oxygens (including phenoxy) is 2. The number of nitrogens with zero attached hydrogens (tertiary/aromatic N) is 1. The van der Waals surface area contributed by atoms with E-state index in [1.165, 1.54) is 0 Å². The highest BCUT2D eigenvalue weighted by Crippen LogP contribution is 2.24. The topological polar surface area (TPSA) is 80.7 Å². The van der Waals surface area contributed by atoms with Crippen molar-refractivity contribution >= 4 is 17.5 Å². The van der Waals surface area contributed by atoms with Gasteiger partial charge in [0, 0.05) is 18.8 Å². The zero-order valence-corrected chi connectivity index (χ0v) is 16.0. The molecule has 2 aromatic rings. The van der Waals surface area contributed by atoms with Crippen LogP contribution in [0.2, 0.25) is 0 Å². The molecule has 26 heavy (non-hydrogen) atoms. The Bertz CT molecular complexity index is 725. The largest absolute Gasteiger partial charge is 0.509 e. The highest BCUT2D eigenvalue weighted by molar-refractivity contribution is 7.13. The summed E-state index contributed by atoms with van der Waals surface area (Å²) in [6.45, 7) is 5.73. The third-order valence-electron chi connectivity index (χ3n) is 4.14. The van der Waals surface area contributed by atoms with E-state index < -0.39 is 24.0 Å². The molecular weight excluding hydrogens is 352 g/mol. The molecule has 0 saturated carbocycles. The quantitative estimate of drug-likeness (QED) is 0.799. The van der Waals surface area contributed by atoms with Gasteiger partial charge in [-0.1, -0.05) is 24.3 Å². The average molecular weight is 376 g/mol. The maximum atomic E-state index is 11.8. The van der Waals surface area contributed by atoms with Crippen molar-refractivity contribution in [3.8, 4) is 10.4 Å². The lowest BCUT2D eigenvalue weighted by atomic mass is 10.0. The van der Waals surface area contributed by atoms with Crippen LogP contribution in [0.5, 0.6) is 0 Å². The van der Waals surface area contributed by atoms with Gasteiger partial charge in [-0.15, -0.1) is 11.3 Å². The van der Waals surface area contributed by atoms with Crippen molar-refractivity contribution in [2.75, 3.05) is 6.54 Å². The monoisotopic (exact) mass is 376 g/mol. The third-order valence-corrected chi connectivity index (χ3v) is 4.96. The highest BCUT2D eigenvalue weighted by Gasteiger charge is 2.37. The fraction of sp³-hybridized carbons (Fsp3) is 0.474. The number of carbonyl (C=O) groups is 1. The van der Waals surface area contributed by atoms with Gasteiger partial charge in [-0.25, -0.2) is 4.79 Å². The molecule has 3 atom stereocenters. The summed E-state index contributed by atoms with van der Waals surface area (Å²) in [6.07, 6.45) is 0.367. The van der Waals surface area contributed by atoms with Crippen LogP contribution >= 0.6 is 11.3 Å². The number of thiazole rings is 1. The standard InChI is InChI=1S/C19H24N2O4S/c1-19(2,3)25-18(23)24-15-9-21-14(17(15)22)8-12-4-6-13(7-5-12)16-10-20-11-26-16/h4-7,10-11,14-15,17,21-22H,8-9H2,1-3H3/t14-,15+,17+/m1/s1. The average Bonchev–Trinajstić information content (AvgIpc) is 3.20. The van der Waals surface area contributed by atoms with Crippen LogP contribution in [0.1, 0.15) is 26.3 Å². The first-order valence-corrected chi connectivity index (χ1v) is 9.49. The Morgan fingerprint density at radius 3 is 2.69 bits per heavy atom. The predicted molar refractivity (Wildman–Crippen MR) is 100 cm³/mol. The van der Waals surface area contributed by atoms with Crippen molar-refractivity contribution in [3.05, 3.63) is 41.5 Å². The van der Waals surface area contributed by atoms with Crippen molar-refractivity contribution in [3.63, 3.8) is 0 Å². The van der Waals surface area contributed by atoms with Gasteiger partial charge in [-0.05, 0) is 38.3 Å². The van der Waals surface area contributed by atoms with Crippen LogP contribution in [0.4, 0.5) is 4.79 Å². The Morgan fingerprint density at radius 1 is 1.35 bits per heavy atom. The second-order valence-electron chi connectivity index (χ2n) is 7.39. The smallest absolute Gasteiger partial charge is 0.429 e. The Labute approximate surface area is 157 Å². The number of nitrogens with one attached hydrogen (secondary N) is 1. The van der Waals surface area contributed by atoms with Crippen molar-refractivity contribution in [1.82, 2.24) is 10.3 Å². The van der Waals surface area contributed by atoms with Gasteiger partial charge < -0.3 is 19.9 Å². The molecule has 2 heterocycles. The Hall–Kier alpha value is -1.96. The lowest BCUT2D eigenvalue weighted by molar-refractivity contribution is -0.0486. The third kappa shape index (κ3) is 4.81. The summed E-state index contributed by atoms with van der Waals surface area (Å²) in [6, 6.07) is 8.03. The molecular formula is C19H24N2O4S. The molecule has 1 aliphatic heterocycles. The van der Waals surface area contributed by atoms with Gasteiger partial charge in [0.1, 0.15) is 17.8 Å². The van der Waals surface area contributed by atoms with E-state index in [-0.39, 0.29) is 6.04 Å². The van der Waals surface area contributed by atoms with Crippen molar-refractivity contribution in [1.29, 1.82) is 0 Å². The normalized spacial score (nSPS) is 23.0. The van der Waals surface area contributed by atoms with Gasteiger partial charge in [0.2, 0.25) is 0 Å². The number of rotatable bonds is 4. The number of benzene rings is 1. The number of aromatic nitrogens is 1. The Balaban J connectivity index is 1.55. The van der Waals surface area contributed by atoms with Crippen LogP contribution in [-0.4, -0.2) is 46.6 Å².